The van der Waals surface area contributed by atoms with E-state index >= 15 is 0 Å². The third kappa shape index (κ3) is 4.33. The molecule has 5 rings (SSSR count). The number of hydrogen-bond acceptors (Lipinski definition) is 7. The number of anilines is 2. The van der Waals surface area contributed by atoms with Gasteiger partial charge in [0.25, 0.3) is 0 Å². The van der Waals surface area contributed by atoms with Gasteiger partial charge in [-0.25, -0.2) is 4.98 Å². The first-order chi connectivity index (χ1) is 15.2. The predicted molar refractivity (Wildman–Crippen MR) is 124 cm³/mol. The Morgan fingerprint density at radius 1 is 1.19 bits per heavy atom. The first-order valence-corrected chi connectivity index (χ1v) is 11.2. The van der Waals surface area contributed by atoms with Gasteiger partial charge in [0.05, 0.1) is 30.4 Å². The first kappa shape index (κ1) is 20.1. The van der Waals surface area contributed by atoms with Gasteiger partial charge in [-0.2, -0.15) is 4.98 Å². The SMILES string of the molecule is Cc1cc(-c2nc(Nc3cccc(CN4CCOCC4)c3)nc3[nH]ccc23)sc1CO. The summed E-state index contributed by atoms with van der Waals surface area (Å²) in [5.74, 6) is 0.546. The average molecular weight is 436 g/mol. The maximum Gasteiger partial charge on any atom is 0.229 e. The molecule has 1 fully saturated rings. The topological polar surface area (TPSA) is 86.3 Å². The first-order valence-electron chi connectivity index (χ1n) is 10.4. The van der Waals surface area contributed by atoms with Gasteiger partial charge < -0.3 is 20.1 Å². The normalized spacial score (nSPS) is 14.9. The van der Waals surface area contributed by atoms with Gasteiger partial charge >= 0.3 is 0 Å². The summed E-state index contributed by atoms with van der Waals surface area (Å²) >= 11 is 1.57. The molecular weight excluding hydrogens is 410 g/mol. The van der Waals surface area contributed by atoms with Crippen LogP contribution in [0.5, 0.6) is 0 Å². The molecule has 0 bridgehead atoms. The molecule has 1 aliphatic heterocycles. The maximum absolute atomic E-state index is 9.59. The fourth-order valence-electron chi connectivity index (χ4n) is 3.87. The highest BCUT2D eigenvalue weighted by atomic mass is 32.1. The van der Waals surface area contributed by atoms with Crippen LogP contribution in [0.25, 0.3) is 21.6 Å². The standard InChI is InChI=1S/C23H25N5O2S/c1-15-11-19(31-20(15)14-29)21-18-5-6-24-22(18)27-23(26-21)25-17-4-2-3-16(12-17)13-28-7-9-30-10-8-28/h2-6,11-12,29H,7-10,13-14H2,1H3,(H2,24,25,26,27). The number of thiophene rings is 1. The number of nitrogens with zero attached hydrogens (tertiary/aromatic N) is 3. The highest BCUT2D eigenvalue weighted by Gasteiger charge is 2.15. The van der Waals surface area contributed by atoms with Crippen molar-refractivity contribution in [1.82, 2.24) is 19.9 Å². The lowest BCUT2D eigenvalue weighted by molar-refractivity contribution is 0.0342. The number of aromatic amines is 1. The lowest BCUT2D eigenvalue weighted by Crippen LogP contribution is -2.35. The summed E-state index contributed by atoms with van der Waals surface area (Å²) in [7, 11) is 0. The van der Waals surface area contributed by atoms with E-state index in [9.17, 15) is 5.11 Å². The molecule has 1 saturated heterocycles. The number of benzene rings is 1. The van der Waals surface area contributed by atoms with Crippen LogP contribution in [0.15, 0.2) is 42.6 Å². The van der Waals surface area contributed by atoms with Gasteiger partial charge in [-0.15, -0.1) is 11.3 Å². The smallest absolute Gasteiger partial charge is 0.229 e. The molecule has 0 radical (unpaired) electrons. The highest BCUT2D eigenvalue weighted by Crippen LogP contribution is 2.35. The Hall–Kier alpha value is -2.78. The van der Waals surface area contributed by atoms with Crippen molar-refractivity contribution >= 4 is 34.0 Å². The zero-order chi connectivity index (χ0) is 21.2. The van der Waals surface area contributed by atoms with Gasteiger partial charge in [-0.1, -0.05) is 12.1 Å². The van der Waals surface area contributed by atoms with Crippen molar-refractivity contribution in [2.75, 3.05) is 31.6 Å². The van der Waals surface area contributed by atoms with E-state index in [4.69, 9.17) is 9.72 Å². The van der Waals surface area contributed by atoms with Crippen LogP contribution in [-0.4, -0.2) is 51.3 Å². The number of aliphatic hydroxyl groups is 1. The number of nitrogens with one attached hydrogen (secondary N) is 2. The molecule has 0 unspecified atom stereocenters. The van der Waals surface area contributed by atoms with E-state index in [0.717, 1.165) is 70.6 Å². The third-order valence-corrected chi connectivity index (χ3v) is 6.73. The van der Waals surface area contributed by atoms with E-state index in [-0.39, 0.29) is 6.61 Å². The van der Waals surface area contributed by atoms with Gasteiger partial charge in [0.2, 0.25) is 5.95 Å². The molecule has 3 N–H and O–H groups in total. The fourth-order valence-corrected chi connectivity index (χ4v) is 4.91. The number of aryl methyl sites for hydroxylation is 1. The van der Waals surface area contributed by atoms with E-state index in [1.54, 1.807) is 11.3 Å². The molecule has 1 aliphatic rings. The van der Waals surface area contributed by atoms with Crippen LogP contribution in [0.1, 0.15) is 16.0 Å². The zero-order valence-corrected chi connectivity index (χ0v) is 18.2. The van der Waals surface area contributed by atoms with Crippen molar-refractivity contribution in [3.05, 3.63) is 58.6 Å². The second-order valence-electron chi connectivity index (χ2n) is 7.72. The van der Waals surface area contributed by atoms with Crippen LogP contribution in [-0.2, 0) is 17.9 Å². The number of aliphatic hydroxyl groups excluding tert-OH is 1. The average Bonchev–Trinajstić information content (AvgIpc) is 3.40. The van der Waals surface area contributed by atoms with Crippen LogP contribution in [0.3, 0.4) is 0 Å². The number of ether oxygens (including phenoxy) is 1. The lowest BCUT2D eigenvalue weighted by atomic mass is 10.2. The van der Waals surface area contributed by atoms with Crippen LogP contribution in [0.4, 0.5) is 11.6 Å². The molecule has 0 atom stereocenters. The summed E-state index contributed by atoms with van der Waals surface area (Å²) in [6.45, 7) is 6.47. The summed E-state index contributed by atoms with van der Waals surface area (Å²) in [6, 6.07) is 12.5. The Labute approximate surface area is 184 Å². The lowest BCUT2D eigenvalue weighted by Gasteiger charge is -2.26. The van der Waals surface area contributed by atoms with Crippen LogP contribution < -0.4 is 5.32 Å². The van der Waals surface area contributed by atoms with Crippen molar-refractivity contribution in [1.29, 1.82) is 0 Å². The van der Waals surface area contributed by atoms with Gasteiger partial charge in [0.1, 0.15) is 5.65 Å². The number of hydrogen-bond donors (Lipinski definition) is 3. The Morgan fingerprint density at radius 3 is 2.87 bits per heavy atom. The fraction of sp³-hybridized carbons (Fsp3) is 0.304. The number of rotatable bonds is 6. The number of fused-ring (bicyclic) bond motifs is 1. The molecule has 0 saturated carbocycles. The predicted octanol–water partition coefficient (Wildman–Crippen LogP) is 4.06. The van der Waals surface area contributed by atoms with Crippen molar-refractivity contribution in [2.45, 2.75) is 20.1 Å². The van der Waals surface area contributed by atoms with Crippen molar-refractivity contribution < 1.29 is 9.84 Å². The zero-order valence-electron chi connectivity index (χ0n) is 17.4. The minimum absolute atomic E-state index is 0.0406. The molecule has 1 aromatic carbocycles. The van der Waals surface area contributed by atoms with E-state index in [1.165, 1.54) is 5.56 Å². The summed E-state index contributed by atoms with van der Waals surface area (Å²) in [5, 5.41) is 13.9. The maximum atomic E-state index is 9.59. The largest absolute Gasteiger partial charge is 0.391 e. The molecule has 3 aromatic heterocycles. The summed E-state index contributed by atoms with van der Waals surface area (Å²) in [6.07, 6.45) is 1.88. The molecule has 0 spiro atoms. The second-order valence-corrected chi connectivity index (χ2v) is 8.86. The van der Waals surface area contributed by atoms with Crippen molar-refractivity contribution in [3.8, 4) is 10.6 Å². The summed E-state index contributed by atoms with van der Waals surface area (Å²) < 4.78 is 5.45. The minimum Gasteiger partial charge on any atom is -0.391 e. The van der Waals surface area contributed by atoms with Crippen LogP contribution in [0, 0.1) is 6.92 Å². The molecule has 31 heavy (non-hydrogen) atoms. The number of morpholine rings is 1. The molecule has 0 aliphatic carbocycles. The molecule has 4 aromatic rings. The third-order valence-electron chi connectivity index (χ3n) is 5.51. The summed E-state index contributed by atoms with van der Waals surface area (Å²) in [5.41, 5.74) is 4.94. The van der Waals surface area contributed by atoms with E-state index in [2.05, 4.69) is 44.5 Å². The Bertz CT molecular complexity index is 1200. The Morgan fingerprint density at radius 2 is 2.06 bits per heavy atom. The minimum atomic E-state index is 0.0406. The van der Waals surface area contributed by atoms with Gasteiger partial charge in [0, 0.05) is 41.8 Å². The molecule has 160 valence electrons. The molecule has 4 heterocycles. The molecule has 8 heteroatoms. The molecule has 0 amide bonds. The number of H-pyrrole nitrogens is 1. The second kappa shape index (κ2) is 8.76. The van der Waals surface area contributed by atoms with Gasteiger partial charge in [0.15, 0.2) is 0 Å². The monoisotopic (exact) mass is 435 g/mol. The quantitative estimate of drug-likeness (QED) is 0.423. The van der Waals surface area contributed by atoms with Crippen LogP contribution in [0.2, 0.25) is 0 Å². The number of aromatic nitrogens is 3. The Balaban J connectivity index is 1.43. The van der Waals surface area contributed by atoms with Gasteiger partial charge in [-0.05, 0) is 42.3 Å². The highest BCUT2D eigenvalue weighted by molar-refractivity contribution is 7.15. The molecule has 7 nitrogen and oxygen atoms in total. The van der Waals surface area contributed by atoms with E-state index in [0.29, 0.717) is 5.95 Å². The molecular formula is C23H25N5O2S. The van der Waals surface area contributed by atoms with Crippen molar-refractivity contribution in [3.63, 3.8) is 0 Å². The van der Waals surface area contributed by atoms with Gasteiger partial charge in [-0.3, -0.25) is 4.90 Å². The Kier molecular flexibility index (Phi) is 5.69. The summed E-state index contributed by atoms with van der Waals surface area (Å²) in [4.78, 5) is 17.1. The van der Waals surface area contributed by atoms with Crippen molar-refractivity contribution in [2.24, 2.45) is 0 Å². The van der Waals surface area contributed by atoms with E-state index in [1.807, 2.05) is 25.3 Å². The van der Waals surface area contributed by atoms with Crippen LogP contribution >= 0.6 is 11.3 Å². The van der Waals surface area contributed by atoms with E-state index < -0.39 is 0 Å².